The number of nitrogen functional groups attached to an aromatic ring is 2. The van der Waals surface area contributed by atoms with Crippen LogP contribution in [0.2, 0.25) is 0 Å². The summed E-state index contributed by atoms with van der Waals surface area (Å²) in [6.07, 6.45) is 7.92. The average Bonchev–Trinajstić information content (AvgIpc) is 3.00. The lowest BCUT2D eigenvalue weighted by Gasteiger charge is -2.36. The van der Waals surface area contributed by atoms with Gasteiger partial charge in [-0.25, -0.2) is 4.98 Å². The Labute approximate surface area is 238 Å². The number of fused-ring (bicyclic) bond motifs is 1. The lowest BCUT2D eigenvalue weighted by Crippen LogP contribution is -2.32. The molecule has 2 aromatic heterocycles. The fraction of sp³-hybridized carbons (Fsp3) is 0.226. The molecule has 1 aliphatic heterocycles. The van der Waals surface area contributed by atoms with Crippen molar-refractivity contribution in [2.45, 2.75) is 18.9 Å². The maximum Gasteiger partial charge on any atom is 0.221 e. The third-order valence-corrected chi connectivity index (χ3v) is 7.12. The first-order valence-corrected chi connectivity index (χ1v) is 13.1. The van der Waals surface area contributed by atoms with E-state index in [1.54, 1.807) is 37.7 Å². The monoisotopic (exact) mass is 552 g/mol. The molecule has 1 aliphatic rings. The third-order valence-electron chi connectivity index (χ3n) is 7.12. The van der Waals surface area contributed by atoms with Crippen molar-refractivity contribution in [1.29, 1.82) is 0 Å². The molecular weight excluding hydrogens is 520 g/mol. The minimum absolute atomic E-state index is 0.0994. The van der Waals surface area contributed by atoms with E-state index < -0.39 is 0 Å². The van der Waals surface area contributed by atoms with E-state index in [2.05, 4.69) is 32.0 Å². The first-order chi connectivity index (χ1) is 19.9. The maximum atomic E-state index is 13.7. The summed E-state index contributed by atoms with van der Waals surface area (Å²) >= 11 is 0. The summed E-state index contributed by atoms with van der Waals surface area (Å²) in [5, 5.41) is 0. The van der Waals surface area contributed by atoms with Gasteiger partial charge in [-0.2, -0.15) is 4.98 Å². The van der Waals surface area contributed by atoms with Crippen molar-refractivity contribution in [3.63, 3.8) is 0 Å². The average molecular weight is 553 g/mol. The molecule has 0 spiro atoms. The molecule has 10 heteroatoms. The summed E-state index contributed by atoms with van der Waals surface area (Å²) in [5.41, 5.74) is 16.7. The number of pyridine rings is 1. The van der Waals surface area contributed by atoms with E-state index in [-0.39, 0.29) is 23.6 Å². The van der Waals surface area contributed by atoms with E-state index in [4.69, 9.17) is 25.7 Å². The van der Waals surface area contributed by atoms with Crippen molar-refractivity contribution in [1.82, 2.24) is 19.9 Å². The lowest BCUT2D eigenvalue weighted by atomic mass is 9.90. The smallest absolute Gasteiger partial charge is 0.221 e. The Morgan fingerprint density at radius 3 is 2.63 bits per heavy atom. The van der Waals surface area contributed by atoms with Crippen molar-refractivity contribution >= 4 is 17.5 Å². The summed E-state index contributed by atoms with van der Waals surface area (Å²) in [5.74, 6) is 1.65. The van der Waals surface area contributed by atoms with E-state index in [0.717, 1.165) is 29.0 Å². The standard InChI is InChI=1S/C31H32N6O4/c1-39-22-8-11-34-25(17-22)28-23-7-5-4-6-20(23)9-12-37(28)13-10-26(38)24-15-19(16-27(40-2)29(24)41-3)14-21-18-35-31(33)36-30(21)32/h4-8,10-11,13,15-18,28H,9,12,14H2,1-3H3,(H4,32,33,35,36)/b13-10+. The van der Waals surface area contributed by atoms with Crippen LogP contribution in [0, 0.1) is 0 Å². The summed E-state index contributed by atoms with van der Waals surface area (Å²) < 4.78 is 16.6. The summed E-state index contributed by atoms with van der Waals surface area (Å²) in [4.78, 5) is 28.6. The maximum absolute atomic E-state index is 13.7. The van der Waals surface area contributed by atoms with Gasteiger partial charge in [-0.1, -0.05) is 24.3 Å². The van der Waals surface area contributed by atoms with E-state index >= 15 is 0 Å². The van der Waals surface area contributed by atoms with Gasteiger partial charge in [0.05, 0.1) is 38.6 Å². The molecule has 5 rings (SSSR count). The molecule has 1 unspecified atom stereocenters. The lowest BCUT2D eigenvalue weighted by molar-refractivity contribution is 0.104. The van der Waals surface area contributed by atoms with Crippen LogP contribution < -0.4 is 25.7 Å². The first-order valence-electron chi connectivity index (χ1n) is 13.1. The van der Waals surface area contributed by atoms with Crippen LogP contribution >= 0.6 is 0 Å². The van der Waals surface area contributed by atoms with Crippen LogP contribution in [0.1, 0.15) is 44.3 Å². The Kier molecular flexibility index (Phi) is 8.00. The van der Waals surface area contributed by atoms with E-state index in [0.29, 0.717) is 35.6 Å². The summed E-state index contributed by atoms with van der Waals surface area (Å²) in [6, 6.07) is 15.4. The SMILES string of the molecule is COc1ccnc(C2c3ccccc3CCN2/C=C/C(=O)c2cc(Cc3cnc(N)nc3N)cc(OC)c2OC)c1. The Bertz CT molecular complexity index is 1610. The van der Waals surface area contributed by atoms with Crippen LogP contribution in [0.5, 0.6) is 17.2 Å². The molecule has 0 saturated heterocycles. The number of ether oxygens (including phenoxy) is 3. The molecule has 210 valence electrons. The highest BCUT2D eigenvalue weighted by atomic mass is 16.5. The first kappa shape index (κ1) is 27.4. The highest BCUT2D eigenvalue weighted by Gasteiger charge is 2.28. The van der Waals surface area contributed by atoms with Crippen molar-refractivity contribution in [3.05, 3.63) is 107 Å². The summed E-state index contributed by atoms with van der Waals surface area (Å²) in [7, 11) is 4.67. The van der Waals surface area contributed by atoms with E-state index in [1.807, 2.05) is 30.5 Å². The number of rotatable bonds is 9. The van der Waals surface area contributed by atoms with Crippen LogP contribution in [0.15, 0.2) is 73.2 Å². The molecule has 0 saturated carbocycles. The highest BCUT2D eigenvalue weighted by molar-refractivity contribution is 6.07. The van der Waals surface area contributed by atoms with Gasteiger partial charge in [0.15, 0.2) is 17.3 Å². The molecular formula is C31H32N6O4. The van der Waals surface area contributed by atoms with E-state index in [9.17, 15) is 4.79 Å². The largest absolute Gasteiger partial charge is 0.497 e. The number of anilines is 2. The quantitative estimate of drug-likeness (QED) is 0.231. The zero-order valence-electron chi connectivity index (χ0n) is 23.2. The number of benzene rings is 2. The number of carbonyl (C=O) groups excluding carboxylic acids is 1. The van der Waals surface area contributed by atoms with Crippen LogP contribution in [-0.2, 0) is 12.8 Å². The number of nitrogens with two attached hydrogens (primary N) is 2. The van der Waals surface area contributed by atoms with E-state index in [1.165, 1.54) is 19.8 Å². The van der Waals surface area contributed by atoms with Gasteiger partial charge in [0.1, 0.15) is 11.6 Å². The number of nitrogens with zero attached hydrogens (tertiary/aromatic N) is 4. The predicted octanol–water partition coefficient (Wildman–Crippen LogP) is 4.00. The number of aromatic nitrogens is 3. The van der Waals surface area contributed by atoms with Gasteiger partial charge in [-0.05, 0) is 41.3 Å². The van der Waals surface area contributed by atoms with Crippen LogP contribution in [0.3, 0.4) is 0 Å². The number of hydrogen-bond acceptors (Lipinski definition) is 10. The number of allylic oxidation sites excluding steroid dienone is 1. The topological polar surface area (TPSA) is 139 Å². The molecule has 0 bridgehead atoms. The second-order valence-corrected chi connectivity index (χ2v) is 9.58. The van der Waals surface area contributed by atoms with Gasteiger partial charge >= 0.3 is 0 Å². The van der Waals surface area contributed by atoms with Crippen LogP contribution in [-0.4, -0.2) is 53.5 Å². The molecule has 41 heavy (non-hydrogen) atoms. The molecule has 4 N–H and O–H groups in total. The molecule has 0 amide bonds. The van der Waals surface area contributed by atoms with Gasteiger partial charge in [-0.15, -0.1) is 0 Å². The number of hydrogen-bond donors (Lipinski definition) is 2. The fourth-order valence-electron chi connectivity index (χ4n) is 5.13. The number of ketones is 1. The minimum atomic E-state index is -0.236. The minimum Gasteiger partial charge on any atom is -0.497 e. The molecule has 1 atom stereocenters. The Morgan fingerprint density at radius 1 is 1.05 bits per heavy atom. The normalized spacial score (nSPS) is 14.5. The highest BCUT2D eigenvalue weighted by Crippen LogP contribution is 2.37. The van der Waals surface area contributed by atoms with Gasteiger partial charge in [0, 0.05) is 49.3 Å². The second-order valence-electron chi connectivity index (χ2n) is 9.58. The fourth-order valence-corrected chi connectivity index (χ4v) is 5.13. The van der Waals surface area contributed by atoms with Gasteiger partial charge < -0.3 is 30.6 Å². The van der Waals surface area contributed by atoms with Crippen molar-refractivity contribution in [2.75, 3.05) is 39.3 Å². The number of carbonyl (C=O) groups is 1. The van der Waals surface area contributed by atoms with Crippen LogP contribution in [0.25, 0.3) is 0 Å². The van der Waals surface area contributed by atoms with Crippen molar-refractivity contribution < 1.29 is 19.0 Å². The summed E-state index contributed by atoms with van der Waals surface area (Å²) in [6.45, 7) is 0.710. The predicted molar refractivity (Wildman–Crippen MR) is 156 cm³/mol. The third kappa shape index (κ3) is 5.76. The number of methoxy groups -OCH3 is 3. The van der Waals surface area contributed by atoms with Crippen LogP contribution in [0.4, 0.5) is 11.8 Å². The molecule has 4 aromatic rings. The Hall–Kier alpha value is -5.12. The Morgan fingerprint density at radius 2 is 1.88 bits per heavy atom. The molecule has 3 heterocycles. The molecule has 2 aromatic carbocycles. The molecule has 0 radical (unpaired) electrons. The zero-order valence-corrected chi connectivity index (χ0v) is 23.2. The van der Waals surface area contributed by atoms with Crippen molar-refractivity contribution in [2.24, 2.45) is 0 Å². The molecule has 0 aliphatic carbocycles. The molecule has 10 nitrogen and oxygen atoms in total. The van der Waals surface area contributed by atoms with Gasteiger partial charge in [0.2, 0.25) is 5.95 Å². The second kappa shape index (κ2) is 12.0. The van der Waals surface area contributed by atoms with Gasteiger partial charge in [0.25, 0.3) is 0 Å². The Balaban J connectivity index is 1.49. The van der Waals surface area contributed by atoms with Crippen molar-refractivity contribution in [3.8, 4) is 17.2 Å². The van der Waals surface area contributed by atoms with Gasteiger partial charge in [-0.3, -0.25) is 9.78 Å². The zero-order chi connectivity index (χ0) is 28.9. The molecule has 0 fully saturated rings.